The van der Waals surface area contributed by atoms with Gasteiger partial charge in [-0.15, -0.1) is 0 Å². The molecule has 1 aliphatic heterocycles. The Morgan fingerprint density at radius 1 is 1.19 bits per heavy atom. The van der Waals surface area contributed by atoms with Gasteiger partial charge in [-0.05, 0) is 50.2 Å². The number of para-hydroxylation sites is 1. The highest BCUT2D eigenvalue weighted by Crippen LogP contribution is 2.31. The maximum Gasteiger partial charge on any atom is 0.240 e. The molecule has 1 atom stereocenters. The van der Waals surface area contributed by atoms with E-state index in [1.54, 1.807) is 19.2 Å². The predicted octanol–water partition coefficient (Wildman–Crippen LogP) is 2.68. The summed E-state index contributed by atoms with van der Waals surface area (Å²) in [7, 11) is -2.09. The molecule has 0 unspecified atom stereocenters. The largest absolute Gasteiger partial charge is 0.496 e. The van der Waals surface area contributed by atoms with E-state index < -0.39 is 10.0 Å². The van der Waals surface area contributed by atoms with E-state index in [0.717, 1.165) is 37.2 Å². The third-order valence-electron chi connectivity index (χ3n) is 4.82. The maximum absolute atomic E-state index is 12.7. The summed E-state index contributed by atoms with van der Waals surface area (Å²) >= 11 is 0. The topological polar surface area (TPSA) is 82.4 Å². The number of hydrogen-bond acceptors (Lipinski definition) is 5. The lowest BCUT2D eigenvalue weighted by Gasteiger charge is -2.29. The summed E-state index contributed by atoms with van der Waals surface area (Å²) in [5, 5.41) is 9.01. The molecule has 0 radical (unpaired) electrons. The fraction of sp³-hybridized carbons (Fsp3) is 0.350. The SMILES string of the molecule is COc1ccccc1[C@H](CNS(=O)(=O)c1cccc(C#N)c1)N1CCCC1. The standard InChI is InChI=1S/C20H23N3O3S/c1-26-20-10-3-2-9-18(20)19(23-11-4-5-12-23)15-22-27(24,25)17-8-6-7-16(13-17)14-21/h2-3,6-10,13,19,22H,4-5,11-12,15H2,1H3/t19-/m0/s1. The van der Waals surface area contributed by atoms with Crippen LogP contribution in [0.25, 0.3) is 0 Å². The number of hydrogen-bond donors (Lipinski definition) is 1. The molecular formula is C20H23N3O3S. The van der Waals surface area contributed by atoms with Gasteiger partial charge >= 0.3 is 0 Å². The van der Waals surface area contributed by atoms with Crippen molar-refractivity contribution in [3.8, 4) is 11.8 Å². The Morgan fingerprint density at radius 2 is 1.93 bits per heavy atom. The van der Waals surface area contributed by atoms with Gasteiger partial charge in [0, 0.05) is 12.1 Å². The highest BCUT2D eigenvalue weighted by atomic mass is 32.2. The number of nitriles is 1. The molecule has 3 rings (SSSR count). The molecule has 2 aromatic rings. The quantitative estimate of drug-likeness (QED) is 0.792. The van der Waals surface area contributed by atoms with Crippen molar-refractivity contribution in [1.82, 2.24) is 9.62 Å². The van der Waals surface area contributed by atoms with Crippen molar-refractivity contribution < 1.29 is 13.2 Å². The number of ether oxygens (including phenoxy) is 1. The maximum atomic E-state index is 12.7. The number of benzene rings is 2. The first-order chi connectivity index (χ1) is 13.0. The first kappa shape index (κ1) is 19.4. The molecule has 7 heteroatoms. The number of rotatable bonds is 7. The minimum absolute atomic E-state index is 0.0988. The van der Waals surface area contributed by atoms with Crippen LogP contribution in [0.5, 0.6) is 5.75 Å². The molecule has 6 nitrogen and oxygen atoms in total. The van der Waals surface area contributed by atoms with Crippen LogP contribution in [0.2, 0.25) is 0 Å². The molecule has 2 aromatic carbocycles. The second kappa shape index (κ2) is 8.53. The van der Waals surface area contributed by atoms with E-state index in [2.05, 4.69) is 9.62 Å². The molecule has 142 valence electrons. The van der Waals surface area contributed by atoms with Gasteiger partial charge in [0.05, 0.1) is 29.7 Å². The lowest BCUT2D eigenvalue weighted by Crippen LogP contribution is -2.37. The summed E-state index contributed by atoms with van der Waals surface area (Å²) in [4.78, 5) is 2.38. The highest BCUT2D eigenvalue weighted by molar-refractivity contribution is 7.89. The van der Waals surface area contributed by atoms with Crippen LogP contribution in [-0.4, -0.2) is 40.1 Å². The van der Waals surface area contributed by atoms with Crippen molar-refractivity contribution >= 4 is 10.0 Å². The van der Waals surface area contributed by atoms with Crippen molar-refractivity contribution in [2.24, 2.45) is 0 Å². The number of nitrogens with one attached hydrogen (secondary N) is 1. The van der Waals surface area contributed by atoms with Gasteiger partial charge in [-0.1, -0.05) is 24.3 Å². The molecule has 1 aliphatic rings. The number of methoxy groups -OCH3 is 1. The van der Waals surface area contributed by atoms with Crippen LogP contribution >= 0.6 is 0 Å². The fourth-order valence-corrected chi connectivity index (χ4v) is 4.52. The average Bonchev–Trinajstić information content (AvgIpc) is 3.23. The molecule has 1 N–H and O–H groups in total. The number of nitrogens with zero attached hydrogens (tertiary/aromatic N) is 2. The Hall–Kier alpha value is -2.40. The van der Waals surface area contributed by atoms with Gasteiger partial charge in [0.15, 0.2) is 0 Å². The number of sulfonamides is 1. The van der Waals surface area contributed by atoms with Gasteiger partial charge in [0.25, 0.3) is 0 Å². The van der Waals surface area contributed by atoms with Crippen molar-refractivity contribution in [2.75, 3.05) is 26.7 Å². The summed E-state index contributed by atoms with van der Waals surface area (Å²) in [6.45, 7) is 2.09. The molecular weight excluding hydrogens is 362 g/mol. The van der Waals surface area contributed by atoms with Crippen molar-refractivity contribution in [2.45, 2.75) is 23.8 Å². The summed E-state index contributed by atoms with van der Waals surface area (Å²) in [5.74, 6) is 0.750. The molecule has 0 aliphatic carbocycles. The van der Waals surface area contributed by atoms with Crippen LogP contribution in [0.1, 0.15) is 30.0 Å². The second-order valence-electron chi connectivity index (χ2n) is 6.49. The van der Waals surface area contributed by atoms with Gasteiger partial charge in [0.1, 0.15) is 5.75 Å². The predicted molar refractivity (Wildman–Crippen MR) is 103 cm³/mol. The van der Waals surface area contributed by atoms with Gasteiger partial charge in [-0.25, -0.2) is 13.1 Å². The average molecular weight is 385 g/mol. The summed E-state index contributed by atoms with van der Waals surface area (Å²) in [6.07, 6.45) is 2.20. The van der Waals surface area contributed by atoms with Crippen LogP contribution in [0, 0.1) is 11.3 Å². The van der Waals surface area contributed by atoms with E-state index in [1.807, 2.05) is 30.3 Å². The van der Waals surface area contributed by atoms with Crippen molar-refractivity contribution in [1.29, 1.82) is 5.26 Å². The summed E-state index contributed by atoms with van der Waals surface area (Å²) in [5.41, 5.74) is 1.29. The molecule has 0 amide bonds. The molecule has 0 saturated carbocycles. The summed E-state index contributed by atoms with van der Waals surface area (Å²) in [6, 6.07) is 15.6. The molecule has 1 fully saturated rings. The van der Waals surface area contributed by atoms with E-state index in [4.69, 9.17) is 10.00 Å². The number of likely N-dealkylation sites (tertiary alicyclic amines) is 1. The van der Waals surface area contributed by atoms with Gasteiger partial charge in [-0.2, -0.15) is 5.26 Å². The Balaban J connectivity index is 1.85. The van der Waals surface area contributed by atoms with E-state index in [9.17, 15) is 8.42 Å². The van der Waals surface area contributed by atoms with Crippen LogP contribution in [0.4, 0.5) is 0 Å². The normalized spacial score (nSPS) is 16.0. The summed E-state index contributed by atoms with van der Waals surface area (Å²) < 4.78 is 33.7. The first-order valence-corrected chi connectivity index (χ1v) is 10.4. The molecule has 1 heterocycles. The molecule has 0 spiro atoms. The fourth-order valence-electron chi connectivity index (χ4n) is 3.44. The van der Waals surface area contributed by atoms with E-state index in [0.29, 0.717) is 5.56 Å². The smallest absolute Gasteiger partial charge is 0.240 e. The third kappa shape index (κ3) is 4.48. The van der Waals surface area contributed by atoms with E-state index >= 15 is 0 Å². The van der Waals surface area contributed by atoms with Crippen molar-refractivity contribution in [3.63, 3.8) is 0 Å². The Morgan fingerprint density at radius 3 is 2.63 bits per heavy atom. The van der Waals surface area contributed by atoms with Gasteiger partial charge in [0.2, 0.25) is 10.0 Å². The Kier molecular flexibility index (Phi) is 6.11. The second-order valence-corrected chi connectivity index (χ2v) is 8.26. The minimum Gasteiger partial charge on any atom is -0.496 e. The van der Waals surface area contributed by atoms with Crippen LogP contribution in [-0.2, 0) is 10.0 Å². The van der Waals surface area contributed by atoms with Crippen LogP contribution in [0.3, 0.4) is 0 Å². The zero-order chi connectivity index (χ0) is 19.3. The third-order valence-corrected chi connectivity index (χ3v) is 6.24. The van der Waals surface area contributed by atoms with Gasteiger partial charge < -0.3 is 4.74 Å². The monoisotopic (exact) mass is 385 g/mol. The van der Waals surface area contributed by atoms with Crippen molar-refractivity contribution in [3.05, 3.63) is 59.7 Å². The Labute approximate surface area is 160 Å². The molecule has 1 saturated heterocycles. The molecule has 27 heavy (non-hydrogen) atoms. The lowest BCUT2D eigenvalue weighted by molar-refractivity contribution is 0.240. The van der Waals surface area contributed by atoms with Crippen LogP contribution in [0.15, 0.2) is 53.4 Å². The zero-order valence-corrected chi connectivity index (χ0v) is 16.1. The van der Waals surface area contributed by atoms with E-state index in [1.165, 1.54) is 12.1 Å². The highest BCUT2D eigenvalue weighted by Gasteiger charge is 2.27. The zero-order valence-electron chi connectivity index (χ0n) is 15.3. The molecule has 0 aromatic heterocycles. The van der Waals surface area contributed by atoms with Gasteiger partial charge in [-0.3, -0.25) is 4.90 Å². The minimum atomic E-state index is -3.71. The van der Waals surface area contributed by atoms with Crippen LogP contribution < -0.4 is 9.46 Å². The lowest BCUT2D eigenvalue weighted by atomic mass is 10.0. The van der Waals surface area contributed by atoms with E-state index in [-0.39, 0.29) is 17.5 Å². The first-order valence-electron chi connectivity index (χ1n) is 8.92. The molecule has 0 bridgehead atoms. The Bertz CT molecular complexity index is 931.